The molecule has 3 nitrogen and oxygen atoms in total. The second kappa shape index (κ2) is 3.68. The Morgan fingerprint density at radius 1 is 1.50 bits per heavy atom. The Labute approximate surface area is 60.6 Å². The van der Waals surface area contributed by atoms with E-state index in [1.807, 2.05) is 4.90 Å². The van der Waals surface area contributed by atoms with Crippen molar-refractivity contribution in [3.05, 3.63) is 0 Å². The Morgan fingerprint density at radius 2 is 2.10 bits per heavy atom. The van der Waals surface area contributed by atoms with E-state index < -0.39 is 0 Å². The number of rotatable bonds is 2. The van der Waals surface area contributed by atoms with E-state index in [4.69, 9.17) is 5.11 Å². The van der Waals surface area contributed by atoms with Crippen molar-refractivity contribution in [2.24, 2.45) is 5.92 Å². The molecule has 0 aromatic carbocycles. The standard InChI is InChI=1S/C7H13NO2/c9-5-7-1-3-8(6-10)4-2-7/h5,7,10H,1-4,6H2. The van der Waals surface area contributed by atoms with Gasteiger partial charge in [-0.25, -0.2) is 0 Å². The van der Waals surface area contributed by atoms with Crippen molar-refractivity contribution < 1.29 is 9.90 Å². The molecular weight excluding hydrogens is 130 g/mol. The van der Waals surface area contributed by atoms with Crippen LogP contribution in [0.2, 0.25) is 0 Å². The van der Waals surface area contributed by atoms with E-state index in [9.17, 15) is 4.79 Å². The van der Waals surface area contributed by atoms with Gasteiger partial charge in [-0.05, 0) is 12.8 Å². The zero-order valence-corrected chi connectivity index (χ0v) is 5.99. The Kier molecular flexibility index (Phi) is 2.83. The van der Waals surface area contributed by atoms with Gasteiger partial charge in [-0.1, -0.05) is 0 Å². The third-order valence-corrected chi connectivity index (χ3v) is 2.02. The molecule has 0 spiro atoms. The molecule has 0 aromatic heterocycles. The highest BCUT2D eigenvalue weighted by atomic mass is 16.3. The van der Waals surface area contributed by atoms with E-state index in [-0.39, 0.29) is 12.6 Å². The van der Waals surface area contributed by atoms with Crippen molar-refractivity contribution in [1.29, 1.82) is 0 Å². The van der Waals surface area contributed by atoms with Gasteiger partial charge in [0.05, 0.1) is 6.73 Å². The lowest BCUT2D eigenvalue weighted by Gasteiger charge is -2.27. The second-order valence-electron chi connectivity index (χ2n) is 2.73. The summed E-state index contributed by atoms with van der Waals surface area (Å²) in [5.41, 5.74) is 0. The van der Waals surface area contributed by atoms with Gasteiger partial charge in [0, 0.05) is 19.0 Å². The average Bonchev–Trinajstić information content (AvgIpc) is 2.05. The summed E-state index contributed by atoms with van der Waals surface area (Å²) < 4.78 is 0. The molecule has 1 saturated heterocycles. The Morgan fingerprint density at radius 3 is 2.50 bits per heavy atom. The fourth-order valence-corrected chi connectivity index (χ4v) is 1.23. The lowest BCUT2D eigenvalue weighted by Crippen LogP contribution is -2.34. The molecule has 1 heterocycles. The summed E-state index contributed by atoms with van der Waals surface area (Å²) in [5, 5.41) is 8.69. The first kappa shape index (κ1) is 7.69. The van der Waals surface area contributed by atoms with Crippen LogP contribution in [0, 0.1) is 5.92 Å². The van der Waals surface area contributed by atoms with Gasteiger partial charge in [0.15, 0.2) is 0 Å². The van der Waals surface area contributed by atoms with Crippen molar-refractivity contribution in [3.8, 4) is 0 Å². The number of nitrogens with zero attached hydrogens (tertiary/aromatic N) is 1. The smallest absolute Gasteiger partial charge is 0.123 e. The molecule has 0 bridgehead atoms. The third kappa shape index (κ3) is 1.78. The maximum absolute atomic E-state index is 10.3. The number of hydrogen-bond donors (Lipinski definition) is 1. The predicted octanol–water partition coefficient (Wildman–Crippen LogP) is -0.153. The molecule has 58 valence electrons. The summed E-state index contributed by atoms with van der Waals surface area (Å²) in [6.07, 6.45) is 2.84. The summed E-state index contributed by atoms with van der Waals surface area (Å²) >= 11 is 0. The molecule has 1 aliphatic rings. The van der Waals surface area contributed by atoms with Crippen LogP contribution < -0.4 is 0 Å². The molecule has 0 atom stereocenters. The predicted molar refractivity (Wildman–Crippen MR) is 37.4 cm³/mol. The molecule has 1 aliphatic heterocycles. The second-order valence-corrected chi connectivity index (χ2v) is 2.73. The van der Waals surface area contributed by atoms with Gasteiger partial charge >= 0.3 is 0 Å². The monoisotopic (exact) mass is 143 g/mol. The highest BCUT2D eigenvalue weighted by Crippen LogP contribution is 2.13. The SMILES string of the molecule is O=CC1CCN(CO)CC1. The third-order valence-electron chi connectivity index (χ3n) is 2.02. The molecule has 0 unspecified atom stereocenters. The largest absolute Gasteiger partial charge is 0.381 e. The molecule has 0 amide bonds. The first-order valence-corrected chi connectivity index (χ1v) is 3.65. The number of aldehydes is 1. The molecule has 0 aliphatic carbocycles. The van der Waals surface area contributed by atoms with E-state index >= 15 is 0 Å². The Hall–Kier alpha value is -0.410. The van der Waals surface area contributed by atoms with Gasteiger partial charge in [0.25, 0.3) is 0 Å². The number of carbonyl (C=O) groups is 1. The average molecular weight is 143 g/mol. The van der Waals surface area contributed by atoms with Crippen LogP contribution in [-0.2, 0) is 4.79 Å². The summed E-state index contributed by atoms with van der Waals surface area (Å²) in [5.74, 6) is 0.239. The quantitative estimate of drug-likeness (QED) is 0.546. The first-order valence-electron chi connectivity index (χ1n) is 3.65. The molecule has 1 N–H and O–H groups in total. The van der Waals surface area contributed by atoms with Crippen LogP contribution in [0.5, 0.6) is 0 Å². The van der Waals surface area contributed by atoms with Gasteiger partial charge in [-0.2, -0.15) is 0 Å². The van der Waals surface area contributed by atoms with Crippen LogP contribution in [0.3, 0.4) is 0 Å². The van der Waals surface area contributed by atoms with Crippen LogP contribution >= 0.6 is 0 Å². The van der Waals surface area contributed by atoms with Gasteiger partial charge in [0.2, 0.25) is 0 Å². The topological polar surface area (TPSA) is 40.5 Å². The number of hydrogen-bond acceptors (Lipinski definition) is 3. The van der Waals surface area contributed by atoms with E-state index in [0.717, 1.165) is 32.2 Å². The van der Waals surface area contributed by atoms with Crippen LogP contribution in [0.4, 0.5) is 0 Å². The number of aliphatic hydroxyl groups excluding tert-OH is 1. The first-order chi connectivity index (χ1) is 4.86. The fourth-order valence-electron chi connectivity index (χ4n) is 1.23. The zero-order chi connectivity index (χ0) is 7.40. The molecule has 0 saturated carbocycles. The normalized spacial score (nSPS) is 22.9. The lowest BCUT2D eigenvalue weighted by molar-refractivity contribution is -0.112. The van der Waals surface area contributed by atoms with E-state index in [0.29, 0.717) is 0 Å². The molecule has 3 heteroatoms. The molecule has 0 radical (unpaired) electrons. The Bertz CT molecular complexity index is 108. The summed E-state index contributed by atoms with van der Waals surface area (Å²) in [7, 11) is 0. The minimum Gasteiger partial charge on any atom is -0.381 e. The van der Waals surface area contributed by atoms with Gasteiger partial charge in [-0.15, -0.1) is 0 Å². The fraction of sp³-hybridized carbons (Fsp3) is 0.857. The highest BCUT2D eigenvalue weighted by molar-refractivity contribution is 5.53. The summed E-state index contributed by atoms with van der Waals surface area (Å²) in [6, 6.07) is 0. The van der Waals surface area contributed by atoms with Crippen LogP contribution in [0.15, 0.2) is 0 Å². The van der Waals surface area contributed by atoms with E-state index in [1.54, 1.807) is 0 Å². The lowest BCUT2D eigenvalue weighted by atomic mass is 9.99. The van der Waals surface area contributed by atoms with E-state index in [1.165, 1.54) is 0 Å². The molecule has 0 aromatic rings. The highest BCUT2D eigenvalue weighted by Gasteiger charge is 2.16. The van der Waals surface area contributed by atoms with Crippen LogP contribution in [0.1, 0.15) is 12.8 Å². The zero-order valence-electron chi connectivity index (χ0n) is 5.99. The van der Waals surface area contributed by atoms with E-state index in [2.05, 4.69) is 0 Å². The number of likely N-dealkylation sites (tertiary alicyclic amines) is 1. The minimum absolute atomic E-state index is 0.131. The Balaban J connectivity index is 2.23. The number of aliphatic hydroxyl groups is 1. The van der Waals surface area contributed by atoms with Crippen molar-refractivity contribution in [3.63, 3.8) is 0 Å². The van der Waals surface area contributed by atoms with Crippen molar-refractivity contribution in [2.75, 3.05) is 19.8 Å². The maximum Gasteiger partial charge on any atom is 0.123 e. The molecule has 1 rings (SSSR count). The maximum atomic E-state index is 10.3. The molecular formula is C7H13NO2. The van der Waals surface area contributed by atoms with Crippen LogP contribution in [-0.4, -0.2) is 36.1 Å². The van der Waals surface area contributed by atoms with Gasteiger partial charge < -0.3 is 9.90 Å². The summed E-state index contributed by atoms with van der Waals surface area (Å²) in [6.45, 7) is 1.85. The van der Waals surface area contributed by atoms with Crippen LogP contribution in [0.25, 0.3) is 0 Å². The summed E-state index contributed by atoms with van der Waals surface area (Å²) in [4.78, 5) is 12.2. The molecule has 10 heavy (non-hydrogen) atoms. The number of piperidine rings is 1. The van der Waals surface area contributed by atoms with Crippen molar-refractivity contribution in [1.82, 2.24) is 4.90 Å². The minimum atomic E-state index is 0.131. The number of carbonyl (C=O) groups excluding carboxylic acids is 1. The molecule has 1 fully saturated rings. The van der Waals surface area contributed by atoms with Crippen molar-refractivity contribution in [2.45, 2.75) is 12.8 Å². The van der Waals surface area contributed by atoms with Gasteiger partial charge in [-0.3, -0.25) is 4.90 Å². The van der Waals surface area contributed by atoms with Gasteiger partial charge in [0.1, 0.15) is 6.29 Å². The van der Waals surface area contributed by atoms with Crippen molar-refractivity contribution >= 4 is 6.29 Å².